The third-order valence-electron chi connectivity index (χ3n) is 4.18. The number of anilines is 3. The first-order valence-electron chi connectivity index (χ1n) is 7.61. The third-order valence-corrected chi connectivity index (χ3v) is 4.18. The first-order chi connectivity index (χ1) is 10.2. The summed E-state index contributed by atoms with van der Waals surface area (Å²) in [7, 11) is 2.04. The normalized spacial score (nSPS) is 16.0. The maximum Gasteiger partial charge on any atom is 0.227 e. The molecule has 1 saturated heterocycles. The predicted molar refractivity (Wildman–Crippen MR) is 87.1 cm³/mol. The van der Waals surface area contributed by atoms with E-state index in [9.17, 15) is 0 Å². The summed E-state index contributed by atoms with van der Waals surface area (Å²) in [5, 5.41) is 0. The third kappa shape index (κ3) is 3.15. The number of piperidine rings is 1. The van der Waals surface area contributed by atoms with Crippen LogP contribution in [-0.4, -0.2) is 30.1 Å². The molecule has 0 radical (unpaired) electrons. The highest BCUT2D eigenvalue weighted by Crippen LogP contribution is 2.24. The summed E-state index contributed by atoms with van der Waals surface area (Å²) in [6, 6.07) is 12.2. The summed E-state index contributed by atoms with van der Waals surface area (Å²) in [5.74, 6) is 2.60. The fraction of sp³-hybridized carbons (Fsp3) is 0.412. The van der Waals surface area contributed by atoms with Gasteiger partial charge in [0.1, 0.15) is 5.82 Å². The van der Waals surface area contributed by atoms with Gasteiger partial charge < -0.3 is 9.80 Å². The minimum Gasteiger partial charge on any atom is -0.341 e. The van der Waals surface area contributed by atoms with Crippen molar-refractivity contribution in [2.75, 3.05) is 29.9 Å². The van der Waals surface area contributed by atoms with Gasteiger partial charge in [0, 0.05) is 32.0 Å². The van der Waals surface area contributed by atoms with Crippen LogP contribution in [-0.2, 0) is 0 Å². The summed E-state index contributed by atoms with van der Waals surface area (Å²) < 4.78 is 0. The Kier molecular flexibility index (Phi) is 4.04. The fourth-order valence-corrected chi connectivity index (χ4v) is 2.67. The van der Waals surface area contributed by atoms with Crippen LogP contribution in [0.3, 0.4) is 0 Å². The van der Waals surface area contributed by atoms with Crippen LogP contribution < -0.4 is 9.80 Å². The Morgan fingerprint density at radius 1 is 1.10 bits per heavy atom. The molecule has 1 fully saturated rings. The number of nitrogens with zero attached hydrogens (tertiary/aromatic N) is 4. The molecule has 4 heteroatoms. The Balaban J connectivity index is 1.80. The number of aromatic nitrogens is 2. The highest BCUT2D eigenvalue weighted by molar-refractivity contribution is 5.59. The molecule has 2 heterocycles. The largest absolute Gasteiger partial charge is 0.341 e. The Bertz CT molecular complexity index is 576. The minimum atomic E-state index is 0.816. The van der Waals surface area contributed by atoms with Crippen LogP contribution in [0.25, 0.3) is 0 Å². The van der Waals surface area contributed by atoms with Crippen LogP contribution in [0.1, 0.15) is 19.8 Å². The monoisotopic (exact) mass is 282 g/mol. The van der Waals surface area contributed by atoms with Crippen molar-refractivity contribution in [1.29, 1.82) is 0 Å². The van der Waals surface area contributed by atoms with Gasteiger partial charge in [-0.1, -0.05) is 25.1 Å². The summed E-state index contributed by atoms with van der Waals surface area (Å²) in [6.07, 6.45) is 4.30. The van der Waals surface area contributed by atoms with Crippen LogP contribution in [0.2, 0.25) is 0 Å². The van der Waals surface area contributed by atoms with Gasteiger partial charge in [-0.05, 0) is 37.0 Å². The molecule has 1 aliphatic heterocycles. The highest BCUT2D eigenvalue weighted by Gasteiger charge is 2.18. The highest BCUT2D eigenvalue weighted by atomic mass is 15.3. The van der Waals surface area contributed by atoms with Gasteiger partial charge in [0.15, 0.2) is 0 Å². The zero-order valence-electron chi connectivity index (χ0n) is 12.7. The van der Waals surface area contributed by atoms with Gasteiger partial charge >= 0.3 is 0 Å². The predicted octanol–water partition coefficient (Wildman–Crippen LogP) is 3.48. The molecule has 0 spiro atoms. The van der Waals surface area contributed by atoms with E-state index in [0.29, 0.717) is 0 Å². The van der Waals surface area contributed by atoms with Crippen LogP contribution in [0, 0.1) is 5.92 Å². The second-order valence-corrected chi connectivity index (χ2v) is 5.78. The molecule has 2 aromatic rings. The average molecular weight is 282 g/mol. The number of benzene rings is 1. The summed E-state index contributed by atoms with van der Waals surface area (Å²) in [4.78, 5) is 13.6. The first-order valence-corrected chi connectivity index (χ1v) is 7.61. The lowest BCUT2D eigenvalue weighted by molar-refractivity contribution is 0.434. The van der Waals surface area contributed by atoms with Gasteiger partial charge in [0.05, 0.1) is 0 Å². The van der Waals surface area contributed by atoms with E-state index < -0.39 is 0 Å². The molecule has 0 saturated carbocycles. The van der Waals surface area contributed by atoms with Crippen molar-refractivity contribution < 1.29 is 0 Å². The zero-order valence-corrected chi connectivity index (χ0v) is 12.7. The molecule has 0 N–H and O–H groups in total. The molecule has 0 aliphatic carbocycles. The van der Waals surface area contributed by atoms with E-state index in [1.54, 1.807) is 0 Å². The van der Waals surface area contributed by atoms with Crippen molar-refractivity contribution >= 4 is 17.5 Å². The lowest BCUT2D eigenvalue weighted by atomic mass is 10.00. The van der Waals surface area contributed by atoms with E-state index in [-0.39, 0.29) is 0 Å². The molecule has 0 amide bonds. The van der Waals surface area contributed by atoms with Crippen LogP contribution >= 0.6 is 0 Å². The van der Waals surface area contributed by atoms with Crippen molar-refractivity contribution in [3.63, 3.8) is 0 Å². The molecule has 3 rings (SSSR count). The van der Waals surface area contributed by atoms with Crippen LogP contribution in [0.15, 0.2) is 42.6 Å². The van der Waals surface area contributed by atoms with Crippen molar-refractivity contribution in [2.24, 2.45) is 5.92 Å². The lowest BCUT2D eigenvalue weighted by Gasteiger charge is -2.30. The van der Waals surface area contributed by atoms with E-state index in [1.165, 1.54) is 12.8 Å². The van der Waals surface area contributed by atoms with E-state index in [4.69, 9.17) is 4.98 Å². The van der Waals surface area contributed by atoms with Crippen molar-refractivity contribution in [2.45, 2.75) is 19.8 Å². The smallest absolute Gasteiger partial charge is 0.227 e. The Morgan fingerprint density at radius 2 is 1.81 bits per heavy atom. The molecule has 1 aliphatic rings. The molecular weight excluding hydrogens is 260 g/mol. The summed E-state index contributed by atoms with van der Waals surface area (Å²) >= 11 is 0. The van der Waals surface area contributed by atoms with Gasteiger partial charge in [0.2, 0.25) is 5.95 Å². The molecule has 0 bridgehead atoms. The standard InChI is InChI=1S/C17H22N4/c1-14-9-12-21(13-10-14)17-18-11-8-16(19-17)20(2)15-6-4-3-5-7-15/h3-8,11,14H,9-10,12-13H2,1-2H3. The molecule has 0 unspecified atom stereocenters. The van der Waals surface area contributed by atoms with Crippen molar-refractivity contribution in [1.82, 2.24) is 9.97 Å². The van der Waals surface area contributed by atoms with Gasteiger partial charge in [-0.2, -0.15) is 4.98 Å². The van der Waals surface area contributed by atoms with Crippen LogP contribution in [0.5, 0.6) is 0 Å². The maximum absolute atomic E-state index is 4.74. The van der Waals surface area contributed by atoms with Gasteiger partial charge in [0.25, 0.3) is 0 Å². The second-order valence-electron chi connectivity index (χ2n) is 5.78. The average Bonchev–Trinajstić information content (AvgIpc) is 2.56. The molecule has 0 atom stereocenters. The Labute approximate surface area is 126 Å². The summed E-state index contributed by atoms with van der Waals surface area (Å²) in [6.45, 7) is 4.43. The number of para-hydroxylation sites is 1. The summed E-state index contributed by atoms with van der Waals surface area (Å²) in [5.41, 5.74) is 1.13. The minimum absolute atomic E-state index is 0.816. The van der Waals surface area contributed by atoms with Gasteiger partial charge in [-0.25, -0.2) is 4.98 Å². The molecule has 1 aromatic carbocycles. The Hall–Kier alpha value is -2.10. The first kappa shape index (κ1) is 13.9. The van der Waals surface area contributed by atoms with Gasteiger partial charge in [-0.15, -0.1) is 0 Å². The Morgan fingerprint density at radius 3 is 2.52 bits per heavy atom. The number of rotatable bonds is 3. The van der Waals surface area contributed by atoms with E-state index in [0.717, 1.165) is 36.5 Å². The second kappa shape index (κ2) is 6.12. The fourth-order valence-electron chi connectivity index (χ4n) is 2.67. The zero-order chi connectivity index (χ0) is 14.7. The number of hydrogen-bond acceptors (Lipinski definition) is 4. The maximum atomic E-state index is 4.74. The topological polar surface area (TPSA) is 32.3 Å². The molecule has 110 valence electrons. The van der Waals surface area contributed by atoms with Crippen molar-refractivity contribution in [3.05, 3.63) is 42.6 Å². The van der Waals surface area contributed by atoms with E-state index in [2.05, 4.69) is 33.8 Å². The van der Waals surface area contributed by atoms with E-state index >= 15 is 0 Å². The molecule has 4 nitrogen and oxygen atoms in total. The lowest BCUT2D eigenvalue weighted by Crippen LogP contribution is -2.34. The van der Waals surface area contributed by atoms with Gasteiger partial charge in [-0.3, -0.25) is 0 Å². The quantitative estimate of drug-likeness (QED) is 0.862. The SMILES string of the molecule is CC1CCN(c2nccc(N(C)c3ccccc3)n2)CC1. The number of hydrogen-bond donors (Lipinski definition) is 0. The molecular formula is C17H22N4. The molecule has 21 heavy (non-hydrogen) atoms. The van der Waals surface area contributed by atoms with Crippen molar-refractivity contribution in [3.8, 4) is 0 Å². The van der Waals surface area contributed by atoms with E-state index in [1.807, 2.05) is 37.5 Å². The molecule has 1 aromatic heterocycles. The van der Waals surface area contributed by atoms with Crippen LogP contribution in [0.4, 0.5) is 17.5 Å².